The maximum Gasteiger partial charge on any atom is 0.239 e. The second-order valence-electron chi connectivity index (χ2n) is 7.28. The molecule has 2 aromatic carbocycles. The highest BCUT2D eigenvalue weighted by Gasteiger charge is 2.15. The van der Waals surface area contributed by atoms with E-state index >= 15 is 0 Å². The van der Waals surface area contributed by atoms with Crippen LogP contribution in [0.1, 0.15) is 35.4 Å². The molecule has 0 aliphatic carbocycles. The van der Waals surface area contributed by atoms with Gasteiger partial charge in [-0.2, -0.15) is 0 Å². The number of carbonyl (C=O) groups excluding carboxylic acids is 1. The Morgan fingerprint density at radius 2 is 1.77 bits per heavy atom. The monoisotopic (exact) mass is 421 g/mol. The van der Waals surface area contributed by atoms with Crippen molar-refractivity contribution < 1.29 is 9.21 Å². The molecule has 30 heavy (non-hydrogen) atoms. The van der Waals surface area contributed by atoms with Gasteiger partial charge in [-0.05, 0) is 49.3 Å². The highest BCUT2D eigenvalue weighted by Crippen LogP contribution is 2.13. The summed E-state index contributed by atoms with van der Waals surface area (Å²) >= 11 is 5.59. The van der Waals surface area contributed by atoms with Crippen LogP contribution < -0.4 is 10.6 Å². The van der Waals surface area contributed by atoms with Crippen molar-refractivity contribution in [1.29, 1.82) is 0 Å². The number of thiocarbonyl (C=S) groups is 1. The average molecular weight is 422 g/mol. The first-order valence-electron chi connectivity index (χ1n) is 9.96. The standard InChI is InChI=1S/C24H27N3O2S/c1-18-10-12-20(13-11-18)16-27(17-22-9-6-14-29-22)24(30)25-15-23(28)26-19(2)21-7-4-3-5-8-21/h3-14,19H,15-17H2,1-2H3,(H,25,30)(H,26,28)/t19-/m1/s1. The van der Waals surface area contributed by atoms with E-state index in [1.54, 1.807) is 6.26 Å². The highest BCUT2D eigenvalue weighted by molar-refractivity contribution is 7.80. The molecule has 1 heterocycles. The van der Waals surface area contributed by atoms with Gasteiger partial charge in [-0.3, -0.25) is 4.79 Å². The second-order valence-corrected chi connectivity index (χ2v) is 7.67. The molecule has 1 amide bonds. The summed E-state index contributed by atoms with van der Waals surface area (Å²) in [6.07, 6.45) is 1.65. The first kappa shape index (κ1) is 21.6. The van der Waals surface area contributed by atoms with Crippen molar-refractivity contribution in [2.75, 3.05) is 6.54 Å². The van der Waals surface area contributed by atoms with Crippen molar-refractivity contribution >= 4 is 23.2 Å². The van der Waals surface area contributed by atoms with Gasteiger partial charge in [0.25, 0.3) is 0 Å². The topological polar surface area (TPSA) is 57.5 Å². The largest absolute Gasteiger partial charge is 0.467 e. The summed E-state index contributed by atoms with van der Waals surface area (Å²) in [5.41, 5.74) is 3.41. The van der Waals surface area contributed by atoms with Crippen LogP contribution in [0.15, 0.2) is 77.4 Å². The van der Waals surface area contributed by atoms with E-state index < -0.39 is 0 Å². The van der Waals surface area contributed by atoms with Crippen molar-refractivity contribution in [3.63, 3.8) is 0 Å². The SMILES string of the molecule is Cc1ccc(CN(Cc2ccco2)C(=S)NCC(=O)N[C@H](C)c2ccccc2)cc1. The summed E-state index contributed by atoms with van der Waals surface area (Å²) in [5.74, 6) is 0.704. The Morgan fingerprint density at radius 1 is 1.03 bits per heavy atom. The Balaban J connectivity index is 1.58. The number of aryl methyl sites for hydroxylation is 1. The number of hydrogen-bond acceptors (Lipinski definition) is 3. The third-order valence-electron chi connectivity index (χ3n) is 4.79. The zero-order chi connectivity index (χ0) is 21.3. The normalized spacial score (nSPS) is 11.5. The van der Waals surface area contributed by atoms with Crippen molar-refractivity contribution in [3.8, 4) is 0 Å². The molecule has 0 aliphatic heterocycles. The van der Waals surface area contributed by atoms with E-state index in [-0.39, 0.29) is 18.5 Å². The number of furan rings is 1. The van der Waals surface area contributed by atoms with Crippen molar-refractivity contribution in [1.82, 2.24) is 15.5 Å². The Bertz CT molecular complexity index is 940. The molecule has 1 atom stereocenters. The first-order valence-corrected chi connectivity index (χ1v) is 10.4. The summed E-state index contributed by atoms with van der Waals surface area (Å²) in [4.78, 5) is 14.4. The van der Waals surface area contributed by atoms with E-state index in [0.717, 1.165) is 16.9 Å². The molecule has 3 rings (SSSR count). The number of carbonyl (C=O) groups is 1. The van der Waals surface area contributed by atoms with Gasteiger partial charge in [0.05, 0.1) is 25.4 Å². The average Bonchev–Trinajstić information content (AvgIpc) is 3.27. The number of benzene rings is 2. The molecule has 0 spiro atoms. The van der Waals surface area contributed by atoms with Crippen LogP contribution in [0.25, 0.3) is 0 Å². The molecule has 3 aromatic rings. The van der Waals surface area contributed by atoms with Crippen LogP contribution in [-0.2, 0) is 17.9 Å². The summed E-state index contributed by atoms with van der Waals surface area (Å²) in [6.45, 7) is 5.28. The first-order chi connectivity index (χ1) is 14.5. The maximum atomic E-state index is 12.4. The quantitative estimate of drug-likeness (QED) is 0.530. The smallest absolute Gasteiger partial charge is 0.239 e. The fraction of sp³-hybridized carbons (Fsp3) is 0.250. The predicted molar refractivity (Wildman–Crippen MR) is 123 cm³/mol. The van der Waals surface area contributed by atoms with E-state index in [1.165, 1.54) is 5.56 Å². The van der Waals surface area contributed by atoms with Crippen LogP contribution in [0.3, 0.4) is 0 Å². The van der Waals surface area contributed by atoms with Gasteiger partial charge in [0.15, 0.2) is 5.11 Å². The van der Waals surface area contributed by atoms with Crippen molar-refractivity contribution in [2.45, 2.75) is 33.0 Å². The molecular formula is C24H27N3O2S. The van der Waals surface area contributed by atoms with Crippen molar-refractivity contribution in [2.24, 2.45) is 0 Å². The molecule has 0 aliphatic rings. The Kier molecular flexibility index (Phi) is 7.63. The van der Waals surface area contributed by atoms with Gasteiger partial charge in [0.2, 0.25) is 5.91 Å². The van der Waals surface area contributed by atoms with Gasteiger partial charge >= 0.3 is 0 Å². The number of nitrogens with zero attached hydrogens (tertiary/aromatic N) is 1. The van der Waals surface area contributed by atoms with E-state index in [1.807, 2.05) is 54.3 Å². The van der Waals surface area contributed by atoms with Crippen LogP contribution in [0.4, 0.5) is 0 Å². The molecule has 156 valence electrons. The molecule has 0 saturated heterocycles. The lowest BCUT2D eigenvalue weighted by molar-refractivity contribution is -0.120. The fourth-order valence-electron chi connectivity index (χ4n) is 3.09. The lowest BCUT2D eigenvalue weighted by Crippen LogP contribution is -2.44. The second kappa shape index (κ2) is 10.6. The van der Waals surface area contributed by atoms with Gasteiger partial charge in [-0.1, -0.05) is 60.2 Å². The van der Waals surface area contributed by atoms with E-state index in [0.29, 0.717) is 18.2 Å². The Labute approximate surface area is 183 Å². The minimum atomic E-state index is -0.109. The number of amides is 1. The molecule has 1 aromatic heterocycles. The van der Waals surface area contributed by atoms with Crippen LogP contribution in [0.5, 0.6) is 0 Å². The molecule has 0 unspecified atom stereocenters. The Hall–Kier alpha value is -3.12. The number of nitrogens with one attached hydrogen (secondary N) is 2. The van der Waals surface area contributed by atoms with Gasteiger partial charge in [-0.25, -0.2) is 0 Å². The molecule has 0 bridgehead atoms. The summed E-state index contributed by atoms with van der Waals surface area (Å²) in [6, 6.07) is 21.9. The van der Waals surface area contributed by atoms with Crippen LogP contribution in [-0.4, -0.2) is 22.5 Å². The minimum Gasteiger partial charge on any atom is -0.467 e. The van der Waals surface area contributed by atoms with Crippen LogP contribution in [0, 0.1) is 6.92 Å². The zero-order valence-corrected chi connectivity index (χ0v) is 18.1. The molecule has 0 saturated carbocycles. The van der Waals surface area contributed by atoms with E-state index in [4.69, 9.17) is 16.6 Å². The molecule has 0 fully saturated rings. The van der Waals surface area contributed by atoms with Gasteiger partial charge < -0.3 is 20.0 Å². The Morgan fingerprint density at radius 3 is 2.43 bits per heavy atom. The molecule has 5 nitrogen and oxygen atoms in total. The zero-order valence-electron chi connectivity index (χ0n) is 17.3. The summed E-state index contributed by atoms with van der Waals surface area (Å²) in [5, 5.41) is 6.59. The van der Waals surface area contributed by atoms with Gasteiger partial charge in [0.1, 0.15) is 5.76 Å². The van der Waals surface area contributed by atoms with Gasteiger partial charge in [0, 0.05) is 6.54 Å². The lowest BCUT2D eigenvalue weighted by Gasteiger charge is -2.25. The molecule has 6 heteroatoms. The predicted octanol–water partition coefficient (Wildman–Crippen LogP) is 4.34. The number of hydrogen-bond donors (Lipinski definition) is 2. The molecule has 0 radical (unpaired) electrons. The third kappa shape index (κ3) is 6.46. The van der Waals surface area contributed by atoms with Crippen LogP contribution >= 0.6 is 12.2 Å². The molecule has 2 N–H and O–H groups in total. The maximum absolute atomic E-state index is 12.4. The lowest BCUT2D eigenvalue weighted by atomic mass is 10.1. The molecular weight excluding hydrogens is 394 g/mol. The van der Waals surface area contributed by atoms with Crippen LogP contribution in [0.2, 0.25) is 0 Å². The summed E-state index contributed by atoms with van der Waals surface area (Å²) in [7, 11) is 0. The minimum absolute atomic E-state index is 0.0687. The fourth-order valence-corrected chi connectivity index (χ4v) is 3.29. The van der Waals surface area contributed by atoms with E-state index in [9.17, 15) is 4.79 Å². The van der Waals surface area contributed by atoms with Gasteiger partial charge in [-0.15, -0.1) is 0 Å². The third-order valence-corrected chi connectivity index (χ3v) is 5.19. The van der Waals surface area contributed by atoms with E-state index in [2.05, 4.69) is 41.8 Å². The summed E-state index contributed by atoms with van der Waals surface area (Å²) < 4.78 is 5.49. The number of rotatable bonds is 8. The van der Waals surface area contributed by atoms with Crippen molar-refractivity contribution in [3.05, 3.63) is 95.4 Å². The highest BCUT2D eigenvalue weighted by atomic mass is 32.1.